The number of sulfonamides is 1. The van der Waals surface area contributed by atoms with E-state index in [1.165, 1.54) is 24.6 Å². The van der Waals surface area contributed by atoms with Crippen molar-refractivity contribution in [3.8, 4) is 0 Å². The summed E-state index contributed by atoms with van der Waals surface area (Å²) in [5.41, 5.74) is 3.28. The van der Waals surface area contributed by atoms with Gasteiger partial charge in [-0.2, -0.15) is 4.72 Å². The van der Waals surface area contributed by atoms with Crippen molar-refractivity contribution in [3.63, 3.8) is 0 Å². The predicted molar refractivity (Wildman–Crippen MR) is 119 cm³/mol. The number of esters is 1. The Morgan fingerprint density at radius 3 is 2.16 bits per heavy atom. The van der Waals surface area contributed by atoms with Crippen molar-refractivity contribution < 1.29 is 22.7 Å². The minimum atomic E-state index is -3.86. The van der Waals surface area contributed by atoms with Crippen molar-refractivity contribution in [1.82, 2.24) is 10.0 Å². The summed E-state index contributed by atoms with van der Waals surface area (Å²) in [6.07, 6.45) is 0.658. The highest BCUT2D eigenvalue weighted by atomic mass is 32.2. The molecule has 0 aliphatic rings. The summed E-state index contributed by atoms with van der Waals surface area (Å²) in [7, 11) is -3.86. The van der Waals surface area contributed by atoms with E-state index in [9.17, 15) is 18.0 Å². The minimum Gasteiger partial charge on any atom is -0.454 e. The van der Waals surface area contributed by atoms with Crippen molar-refractivity contribution in [2.24, 2.45) is 0 Å². The van der Waals surface area contributed by atoms with Gasteiger partial charge in [0.15, 0.2) is 6.61 Å². The molecule has 0 saturated carbocycles. The van der Waals surface area contributed by atoms with Crippen molar-refractivity contribution in [2.75, 3.05) is 13.2 Å². The third-order valence-electron chi connectivity index (χ3n) is 4.74. The number of carbonyl (C=O) groups is 2. The van der Waals surface area contributed by atoms with E-state index in [1.54, 1.807) is 12.1 Å². The lowest BCUT2D eigenvalue weighted by molar-refractivity contribution is -0.149. The number of hydrogen-bond acceptors (Lipinski definition) is 5. The molecule has 0 bridgehead atoms. The maximum Gasteiger partial charge on any atom is 0.324 e. The lowest BCUT2D eigenvalue weighted by Gasteiger charge is -2.14. The first-order valence-corrected chi connectivity index (χ1v) is 11.7. The highest BCUT2D eigenvalue weighted by Crippen LogP contribution is 2.14. The summed E-state index contributed by atoms with van der Waals surface area (Å²) < 4.78 is 31.9. The highest BCUT2D eigenvalue weighted by molar-refractivity contribution is 7.89. The van der Waals surface area contributed by atoms with Gasteiger partial charge in [-0.1, -0.05) is 55.8 Å². The molecule has 1 atom stereocenters. The number of benzene rings is 2. The first-order chi connectivity index (χ1) is 14.6. The molecule has 0 aliphatic heterocycles. The van der Waals surface area contributed by atoms with Crippen molar-refractivity contribution in [2.45, 2.75) is 51.0 Å². The standard InChI is InChI=1S/C23H30N2O5S/c1-16(2)20-9-7-19(8-10-20)13-14-24-22(26)15-30-23(27)18(4)25-31(28,29)21-11-5-17(3)6-12-21/h5-12,16,18,25H,13-15H2,1-4H3,(H,24,26)/t18-/m0/s1. The van der Waals surface area contributed by atoms with E-state index in [2.05, 4.69) is 36.0 Å². The van der Waals surface area contributed by atoms with Gasteiger partial charge >= 0.3 is 5.97 Å². The minimum absolute atomic E-state index is 0.0527. The Hall–Kier alpha value is -2.71. The Labute approximate surface area is 184 Å². The Kier molecular flexibility index (Phi) is 8.76. The molecule has 0 unspecified atom stereocenters. The van der Waals surface area contributed by atoms with Crippen LogP contribution in [0.25, 0.3) is 0 Å². The zero-order valence-electron chi connectivity index (χ0n) is 18.3. The van der Waals surface area contributed by atoms with Crippen molar-refractivity contribution in [1.29, 1.82) is 0 Å². The van der Waals surface area contributed by atoms with E-state index >= 15 is 0 Å². The van der Waals surface area contributed by atoms with Crippen molar-refractivity contribution >= 4 is 21.9 Å². The van der Waals surface area contributed by atoms with Gasteiger partial charge in [0.1, 0.15) is 6.04 Å². The topological polar surface area (TPSA) is 102 Å². The fraction of sp³-hybridized carbons (Fsp3) is 0.391. The zero-order chi connectivity index (χ0) is 23.0. The lowest BCUT2D eigenvalue weighted by Crippen LogP contribution is -2.41. The molecule has 1 amide bonds. The van der Waals surface area contributed by atoms with Crippen LogP contribution in [0, 0.1) is 6.92 Å². The molecular weight excluding hydrogens is 416 g/mol. The fourth-order valence-electron chi connectivity index (χ4n) is 2.79. The number of ether oxygens (including phenoxy) is 1. The van der Waals surface area contributed by atoms with E-state index in [4.69, 9.17) is 4.74 Å². The molecule has 0 saturated heterocycles. The quantitative estimate of drug-likeness (QED) is 0.547. The number of aryl methyl sites for hydroxylation is 1. The van der Waals surface area contributed by atoms with Gasteiger partial charge in [0.2, 0.25) is 10.0 Å². The summed E-state index contributed by atoms with van der Waals surface area (Å²) in [6, 6.07) is 13.3. The smallest absolute Gasteiger partial charge is 0.324 e. The fourth-order valence-corrected chi connectivity index (χ4v) is 3.99. The van der Waals surface area contributed by atoms with Gasteiger partial charge in [-0.05, 0) is 49.4 Å². The molecule has 0 heterocycles. The third-order valence-corrected chi connectivity index (χ3v) is 6.30. The molecule has 2 aromatic carbocycles. The number of amides is 1. The summed E-state index contributed by atoms with van der Waals surface area (Å²) in [4.78, 5) is 24.0. The third kappa shape index (κ3) is 7.80. The molecule has 7 nitrogen and oxygen atoms in total. The highest BCUT2D eigenvalue weighted by Gasteiger charge is 2.23. The van der Waals surface area contributed by atoms with Gasteiger partial charge in [-0.25, -0.2) is 8.42 Å². The van der Waals surface area contributed by atoms with Gasteiger partial charge in [-0.3, -0.25) is 9.59 Å². The Balaban J connectivity index is 1.74. The Bertz CT molecular complexity index is 984. The molecule has 0 aliphatic carbocycles. The second-order valence-corrected chi connectivity index (χ2v) is 9.47. The lowest BCUT2D eigenvalue weighted by atomic mass is 10.0. The molecule has 0 spiro atoms. The van der Waals surface area contributed by atoms with Crippen LogP contribution in [-0.4, -0.2) is 39.5 Å². The van der Waals surface area contributed by atoms with Crippen LogP contribution in [-0.2, 0) is 30.8 Å². The van der Waals surface area contributed by atoms with Gasteiger partial charge in [-0.15, -0.1) is 0 Å². The Morgan fingerprint density at radius 1 is 0.968 bits per heavy atom. The van der Waals surface area contributed by atoms with Gasteiger partial charge < -0.3 is 10.1 Å². The average molecular weight is 447 g/mol. The van der Waals surface area contributed by atoms with Crippen LogP contribution in [0.15, 0.2) is 53.4 Å². The normalized spacial score (nSPS) is 12.4. The molecule has 0 aromatic heterocycles. The second kappa shape index (κ2) is 11.1. The van der Waals surface area contributed by atoms with Crippen LogP contribution in [0.3, 0.4) is 0 Å². The van der Waals surface area contributed by atoms with Crippen LogP contribution < -0.4 is 10.0 Å². The number of hydrogen-bond donors (Lipinski definition) is 2. The number of rotatable bonds is 10. The van der Waals surface area contributed by atoms with E-state index in [1.807, 2.05) is 19.1 Å². The molecule has 2 N–H and O–H groups in total. The Morgan fingerprint density at radius 2 is 1.58 bits per heavy atom. The van der Waals surface area contributed by atoms with Crippen LogP contribution >= 0.6 is 0 Å². The van der Waals surface area contributed by atoms with E-state index in [0.29, 0.717) is 18.9 Å². The molecule has 168 valence electrons. The summed E-state index contributed by atoms with van der Waals surface area (Å²) in [6.45, 7) is 7.41. The summed E-state index contributed by atoms with van der Waals surface area (Å²) >= 11 is 0. The number of nitrogens with one attached hydrogen (secondary N) is 2. The van der Waals surface area contributed by atoms with Crippen molar-refractivity contribution in [3.05, 3.63) is 65.2 Å². The predicted octanol–water partition coefficient (Wildman–Crippen LogP) is 2.69. The van der Waals surface area contributed by atoms with Crippen LogP contribution in [0.4, 0.5) is 0 Å². The van der Waals surface area contributed by atoms with E-state index in [-0.39, 0.29) is 4.90 Å². The molecule has 0 radical (unpaired) electrons. The molecule has 2 aromatic rings. The first kappa shape index (κ1) is 24.6. The van der Waals surface area contributed by atoms with Crippen LogP contribution in [0.5, 0.6) is 0 Å². The monoisotopic (exact) mass is 446 g/mol. The van der Waals surface area contributed by atoms with Gasteiger partial charge in [0, 0.05) is 6.54 Å². The molecule has 31 heavy (non-hydrogen) atoms. The summed E-state index contributed by atoms with van der Waals surface area (Å²) in [5.74, 6) is -0.803. The largest absolute Gasteiger partial charge is 0.454 e. The van der Waals surface area contributed by atoms with E-state index < -0.39 is 34.5 Å². The van der Waals surface area contributed by atoms with Gasteiger partial charge in [0.25, 0.3) is 5.91 Å². The van der Waals surface area contributed by atoms with Crippen LogP contribution in [0.1, 0.15) is 43.4 Å². The molecular formula is C23H30N2O5S. The SMILES string of the molecule is Cc1ccc(S(=O)(=O)N[C@@H](C)C(=O)OCC(=O)NCCc2ccc(C(C)C)cc2)cc1. The second-order valence-electron chi connectivity index (χ2n) is 7.76. The zero-order valence-corrected chi connectivity index (χ0v) is 19.2. The molecule has 8 heteroatoms. The van der Waals surface area contributed by atoms with E-state index in [0.717, 1.165) is 11.1 Å². The maximum atomic E-state index is 12.3. The first-order valence-electron chi connectivity index (χ1n) is 10.2. The van der Waals surface area contributed by atoms with Gasteiger partial charge in [0.05, 0.1) is 4.90 Å². The molecule has 0 fully saturated rings. The maximum absolute atomic E-state index is 12.3. The van der Waals surface area contributed by atoms with Crippen LogP contribution in [0.2, 0.25) is 0 Å². The molecule has 2 rings (SSSR count). The average Bonchev–Trinajstić information content (AvgIpc) is 2.72. The summed E-state index contributed by atoms with van der Waals surface area (Å²) in [5, 5.41) is 2.69. The number of carbonyl (C=O) groups excluding carboxylic acids is 2.